The van der Waals surface area contributed by atoms with Crippen molar-refractivity contribution in [2.24, 2.45) is 11.8 Å². The summed E-state index contributed by atoms with van der Waals surface area (Å²) >= 11 is 0. The van der Waals surface area contributed by atoms with E-state index in [1.165, 1.54) is 36.4 Å². The minimum atomic E-state index is -3.46. The van der Waals surface area contributed by atoms with E-state index in [-0.39, 0.29) is 28.0 Å². The van der Waals surface area contributed by atoms with Crippen molar-refractivity contribution >= 4 is 9.84 Å². The van der Waals surface area contributed by atoms with Crippen molar-refractivity contribution in [1.29, 1.82) is 0 Å². The Hall–Kier alpha value is -1.79. The number of sulfone groups is 1. The maximum atomic E-state index is 13.9. The molecule has 0 heterocycles. The number of halogens is 2. The van der Waals surface area contributed by atoms with Crippen molar-refractivity contribution in [3.05, 3.63) is 54.1 Å². The lowest BCUT2D eigenvalue weighted by Crippen LogP contribution is -2.29. The SMILES string of the molecule is CC(C)(O)[C@@H]1CC[C@H](CS(=O)(=O)c2ccc(-c3ccc(F)cc3F)cc2)C1. The van der Waals surface area contributed by atoms with Crippen LogP contribution < -0.4 is 0 Å². The van der Waals surface area contributed by atoms with E-state index in [4.69, 9.17) is 0 Å². The summed E-state index contributed by atoms with van der Waals surface area (Å²) < 4.78 is 52.4. The van der Waals surface area contributed by atoms with Gasteiger partial charge in [0.2, 0.25) is 0 Å². The molecule has 2 atom stereocenters. The molecular formula is C21H24F2O3S. The molecule has 2 aromatic rings. The molecule has 1 fully saturated rings. The van der Waals surface area contributed by atoms with Gasteiger partial charge < -0.3 is 5.11 Å². The van der Waals surface area contributed by atoms with Gasteiger partial charge in [-0.2, -0.15) is 0 Å². The first-order valence-corrected chi connectivity index (χ1v) is 10.7. The summed E-state index contributed by atoms with van der Waals surface area (Å²) in [5.74, 6) is -1.16. The number of hydrogen-bond acceptors (Lipinski definition) is 3. The van der Waals surface area contributed by atoms with Crippen LogP contribution in [-0.2, 0) is 9.84 Å². The van der Waals surface area contributed by atoms with Crippen molar-refractivity contribution in [3.63, 3.8) is 0 Å². The molecule has 27 heavy (non-hydrogen) atoms. The average Bonchev–Trinajstić information content (AvgIpc) is 3.03. The Balaban J connectivity index is 1.74. The van der Waals surface area contributed by atoms with E-state index in [1.807, 2.05) is 0 Å². The molecule has 1 saturated carbocycles. The third-order valence-corrected chi connectivity index (χ3v) is 7.35. The number of rotatable bonds is 5. The fourth-order valence-electron chi connectivity index (χ4n) is 3.84. The molecule has 2 aromatic carbocycles. The quantitative estimate of drug-likeness (QED) is 0.807. The minimum Gasteiger partial charge on any atom is -0.390 e. The molecule has 1 aliphatic rings. The predicted octanol–water partition coefficient (Wildman–Crippen LogP) is 4.59. The first-order valence-electron chi connectivity index (χ1n) is 9.07. The second-order valence-electron chi connectivity index (χ2n) is 7.96. The minimum absolute atomic E-state index is 0.0284. The Morgan fingerprint density at radius 1 is 1.07 bits per heavy atom. The number of benzene rings is 2. The van der Waals surface area contributed by atoms with Crippen molar-refractivity contribution < 1.29 is 22.3 Å². The molecule has 6 heteroatoms. The maximum Gasteiger partial charge on any atom is 0.178 e. The highest BCUT2D eigenvalue weighted by Gasteiger charge is 2.36. The van der Waals surface area contributed by atoms with Gasteiger partial charge in [0.25, 0.3) is 0 Å². The zero-order chi connectivity index (χ0) is 19.8. The van der Waals surface area contributed by atoms with Crippen molar-refractivity contribution in [2.75, 3.05) is 5.75 Å². The highest BCUT2D eigenvalue weighted by Crippen LogP contribution is 2.39. The van der Waals surface area contributed by atoms with E-state index in [0.717, 1.165) is 18.9 Å². The Kier molecular flexibility index (Phi) is 5.41. The summed E-state index contributed by atoms with van der Waals surface area (Å²) in [4.78, 5) is 0.195. The van der Waals surface area contributed by atoms with Crippen LogP contribution in [0.4, 0.5) is 8.78 Å². The zero-order valence-electron chi connectivity index (χ0n) is 15.5. The van der Waals surface area contributed by atoms with Crippen LogP contribution in [-0.4, -0.2) is 24.9 Å². The van der Waals surface area contributed by atoms with E-state index < -0.39 is 27.1 Å². The van der Waals surface area contributed by atoms with Crippen LogP contribution in [0.1, 0.15) is 33.1 Å². The molecule has 0 amide bonds. The Morgan fingerprint density at radius 2 is 1.74 bits per heavy atom. The summed E-state index contributed by atoms with van der Waals surface area (Å²) in [5.41, 5.74) is -0.0714. The molecule has 1 aliphatic carbocycles. The first kappa shape index (κ1) is 20.0. The van der Waals surface area contributed by atoms with Crippen LogP contribution in [0.15, 0.2) is 47.4 Å². The monoisotopic (exact) mass is 394 g/mol. The number of aliphatic hydroxyl groups is 1. The van der Waals surface area contributed by atoms with Crippen LogP contribution in [0, 0.1) is 23.5 Å². The summed E-state index contributed by atoms with van der Waals surface area (Å²) in [5, 5.41) is 10.1. The highest BCUT2D eigenvalue weighted by molar-refractivity contribution is 7.91. The van der Waals surface area contributed by atoms with E-state index in [9.17, 15) is 22.3 Å². The summed E-state index contributed by atoms with van der Waals surface area (Å²) in [6, 6.07) is 9.32. The molecule has 0 aromatic heterocycles. The standard InChI is InChI=1S/C21H24F2O3S/c1-21(2,24)16-6-3-14(11-16)13-27(25,26)18-8-4-15(5-9-18)19-10-7-17(22)12-20(19)23/h4-5,7-10,12,14,16,24H,3,6,11,13H2,1-2H3/t14-,16+/m0/s1. The average molecular weight is 394 g/mol. The van der Waals surface area contributed by atoms with Gasteiger partial charge in [-0.05, 0) is 74.8 Å². The van der Waals surface area contributed by atoms with Gasteiger partial charge >= 0.3 is 0 Å². The van der Waals surface area contributed by atoms with Gasteiger partial charge in [-0.25, -0.2) is 17.2 Å². The van der Waals surface area contributed by atoms with Gasteiger partial charge in [0.15, 0.2) is 9.84 Å². The van der Waals surface area contributed by atoms with Crippen molar-refractivity contribution in [2.45, 2.75) is 43.6 Å². The Labute approximate surface area is 159 Å². The molecule has 0 unspecified atom stereocenters. The molecular weight excluding hydrogens is 370 g/mol. The summed E-state index contributed by atoms with van der Waals surface area (Å²) in [6.45, 7) is 3.53. The van der Waals surface area contributed by atoms with Gasteiger partial charge in [-0.15, -0.1) is 0 Å². The van der Waals surface area contributed by atoms with E-state index >= 15 is 0 Å². The normalized spacial score (nSPS) is 20.8. The molecule has 3 rings (SSSR count). The molecule has 1 N–H and O–H groups in total. The smallest absolute Gasteiger partial charge is 0.178 e. The first-order chi connectivity index (χ1) is 12.6. The lowest BCUT2D eigenvalue weighted by Gasteiger charge is -2.25. The fraction of sp³-hybridized carbons (Fsp3) is 0.429. The van der Waals surface area contributed by atoms with E-state index in [1.54, 1.807) is 13.8 Å². The third-order valence-electron chi connectivity index (χ3n) is 5.45. The molecule has 0 aliphatic heterocycles. The molecule has 3 nitrogen and oxygen atoms in total. The van der Waals surface area contributed by atoms with Crippen LogP contribution in [0.25, 0.3) is 11.1 Å². The second-order valence-corrected chi connectivity index (χ2v) is 9.99. The van der Waals surface area contributed by atoms with E-state index in [0.29, 0.717) is 12.0 Å². The Morgan fingerprint density at radius 3 is 2.30 bits per heavy atom. The predicted molar refractivity (Wildman–Crippen MR) is 101 cm³/mol. The van der Waals surface area contributed by atoms with Crippen LogP contribution in [0.2, 0.25) is 0 Å². The van der Waals surface area contributed by atoms with Gasteiger partial charge in [0.1, 0.15) is 11.6 Å². The number of hydrogen-bond donors (Lipinski definition) is 1. The molecule has 0 bridgehead atoms. The topological polar surface area (TPSA) is 54.4 Å². The van der Waals surface area contributed by atoms with Crippen LogP contribution in [0.5, 0.6) is 0 Å². The van der Waals surface area contributed by atoms with Gasteiger partial charge in [-0.1, -0.05) is 12.1 Å². The molecule has 0 radical (unpaired) electrons. The maximum absolute atomic E-state index is 13.9. The van der Waals surface area contributed by atoms with Crippen LogP contribution in [0.3, 0.4) is 0 Å². The summed E-state index contributed by atoms with van der Waals surface area (Å²) in [6.07, 6.45) is 2.31. The summed E-state index contributed by atoms with van der Waals surface area (Å²) in [7, 11) is -3.46. The van der Waals surface area contributed by atoms with Crippen molar-refractivity contribution in [1.82, 2.24) is 0 Å². The van der Waals surface area contributed by atoms with Gasteiger partial charge in [0.05, 0.1) is 16.2 Å². The third kappa shape index (κ3) is 4.55. The van der Waals surface area contributed by atoms with E-state index in [2.05, 4.69) is 0 Å². The molecule has 0 spiro atoms. The second kappa shape index (κ2) is 7.32. The molecule has 0 saturated heterocycles. The van der Waals surface area contributed by atoms with Gasteiger partial charge in [-0.3, -0.25) is 0 Å². The lowest BCUT2D eigenvalue weighted by atomic mass is 9.89. The molecule has 146 valence electrons. The fourth-order valence-corrected chi connectivity index (χ4v) is 5.51. The largest absolute Gasteiger partial charge is 0.390 e. The van der Waals surface area contributed by atoms with Crippen molar-refractivity contribution in [3.8, 4) is 11.1 Å². The highest BCUT2D eigenvalue weighted by atomic mass is 32.2. The van der Waals surface area contributed by atoms with Gasteiger partial charge in [0, 0.05) is 11.6 Å². The van der Waals surface area contributed by atoms with Crippen LogP contribution >= 0.6 is 0 Å². The zero-order valence-corrected chi connectivity index (χ0v) is 16.3. The Bertz CT molecular complexity index is 915. The lowest BCUT2D eigenvalue weighted by molar-refractivity contribution is 0.0186.